The van der Waals surface area contributed by atoms with Gasteiger partial charge in [-0.15, -0.1) is 0 Å². The summed E-state index contributed by atoms with van der Waals surface area (Å²) in [5, 5.41) is 3.49. The van der Waals surface area contributed by atoms with E-state index in [1.165, 1.54) is 11.4 Å². The van der Waals surface area contributed by atoms with Gasteiger partial charge in [0.25, 0.3) is 0 Å². The van der Waals surface area contributed by atoms with Crippen molar-refractivity contribution in [2.75, 3.05) is 5.32 Å². The zero-order chi connectivity index (χ0) is 9.38. The SMILES string of the molecule is c1cc[c]2c(c1)Nc1cccc[c]1[GeH2]2. The van der Waals surface area contributed by atoms with Crippen LogP contribution >= 0.6 is 0 Å². The van der Waals surface area contributed by atoms with Crippen LogP contribution in [0.3, 0.4) is 0 Å². The minimum absolute atomic E-state index is 0.712. The van der Waals surface area contributed by atoms with E-state index < -0.39 is 15.4 Å². The van der Waals surface area contributed by atoms with Crippen LogP contribution in [0.1, 0.15) is 0 Å². The average Bonchev–Trinajstić information content (AvgIpc) is 2.26. The van der Waals surface area contributed by atoms with Crippen molar-refractivity contribution in [2.24, 2.45) is 0 Å². The molecule has 1 N–H and O–H groups in total. The molecular weight excluding hydrogens is 231 g/mol. The molecule has 2 heteroatoms. The molecule has 1 nitrogen and oxygen atoms in total. The molecule has 2 aromatic carbocycles. The summed E-state index contributed by atoms with van der Waals surface area (Å²) in [5.74, 6) is 0. The van der Waals surface area contributed by atoms with E-state index >= 15 is 0 Å². The summed E-state index contributed by atoms with van der Waals surface area (Å²) in [6.07, 6.45) is 0. The van der Waals surface area contributed by atoms with Gasteiger partial charge >= 0.3 is 89.4 Å². The summed E-state index contributed by atoms with van der Waals surface area (Å²) >= 11 is -0.712. The maximum atomic E-state index is 3.49. The summed E-state index contributed by atoms with van der Waals surface area (Å²) < 4.78 is 3.14. The number of fused-ring (bicyclic) bond motifs is 2. The third-order valence-corrected chi connectivity index (χ3v) is 6.87. The molecule has 2 aromatic rings. The first-order valence-corrected chi connectivity index (χ1v) is 7.83. The molecule has 1 heterocycles. The summed E-state index contributed by atoms with van der Waals surface area (Å²) in [6.45, 7) is 0. The van der Waals surface area contributed by atoms with Gasteiger partial charge in [0, 0.05) is 0 Å². The monoisotopic (exact) mass is 243 g/mol. The van der Waals surface area contributed by atoms with Gasteiger partial charge in [-0.1, -0.05) is 0 Å². The molecule has 68 valence electrons. The first kappa shape index (κ1) is 8.12. The van der Waals surface area contributed by atoms with Crippen LogP contribution in [0.4, 0.5) is 11.4 Å². The van der Waals surface area contributed by atoms with Gasteiger partial charge in [-0.2, -0.15) is 0 Å². The Morgan fingerprint density at radius 3 is 1.79 bits per heavy atom. The van der Waals surface area contributed by atoms with E-state index in [1.807, 2.05) is 0 Å². The Hall–Kier alpha value is -1.22. The molecule has 0 unspecified atom stereocenters. The van der Waals surface area contributed by atoms with Crippen molar-refractivity contribution >= 4 is 35.6 Å². The second-order valence-electron chi connectivity index (χ2n) is 3.62. The minimum atomic E-state index is -0.712. The first-order valence-electron chi connectivity index (χ1n) is 4.86. The predicted octanol–water partition coefficient (Wildman–Crippen LogP) is 0.863. The van der Waals surface area contributed by atoms with E-state index in [-0.39, 0.29) is 0 Å². The Labute approximate surface area is 89.6 Å². The zero-order valence-corrected chi connectivity index (χ0v) is 10.8. The van der Waals surface area contributed by atoms with Crippen LogP contribution in [0, 0.1) is 0 Å². The fourth-order valence-corrected chi connectivity index (χ4v) is 5.53. The van der Waals surface area contributed by atoms with Gasteiger partial charge in [-0.3, -0.25) is 0 Å². The Kier molecular flexibility index (Phi) is 1.84. The van der Waals surface area contributed by atoms with E-state index in [0.29, 0.717) is 0 Å². The Morgan fingerprint density at radius 2 is 1.21 bits per heavy atom. The van der Waals surface area contributed by atoms with E-state index in [9.17, 15) is 0 Å². The normalized spacial score (nSPS) is 12.6. The van der Waals surface area contributed by atoms with E-state index in [0.717, 1.165) is 0 Å². The van der Waals surface area contributed by atoms with Gasteiger partial charge in [0.15, 0.2) is 0 Å². The molecule has 1 aliphatic rings. The van der Waals surface area contributed by atoms with E-state index in [2.05, 4.69) is 53.8 Å². The summed E-state index contributed by atoms with van der Waals surface area (Å²) in [7, 11) is 0. The molecule has 3 rings (SSSR count). The van der Waals surface area contributed by atoms with Crippen LogP contribution in [0.25, 0.3) is 0 Å². The van der Waals surface area contributed by atoms with Crippen molar-refractivity contribution in [1.29, 1.82) is 0 Å². The fraction of sp³-hybridized carbons (Fsp3) is 0. The second kappa shape index (κ2) is 3.17. The van der Waals surface area contributed by atoms with E-state index in [4.69, 9.17) is 0 Å². The molecule has 1 aliphatic heterocycles. The van der Waals surface area contributed by atoms with Crippen LogP contribution in [0.5, 0.6) is 0 Å². The number of hydrogen-bond acceptors (Lipinski definition) is 1. The molecule has 0 saturated heterocycles. The van der Waals surface area contributed by atoms with Gasteiger partial charge < -0.3 is 0 Å². The number of nitrogens with one attached hydrogen (secondary N) is 1. The van der Waals surface area contributed by atoms with Crippen molar-refractivity contribution in [1.82, 2.24) is 0 Å². The molecule has 0 aliphatic carbocycles. The number of para-hydroxylation sites is 2. The molecular formula is C12H11GeN. The van der Waals surface area contributed by atoms with Crippen LogP contribution in [0.2, 0.25) is 0 Å². The quantitative estimate of drug-likeness (QED) is 0.576. The fourth-order valence-electron chi connectivity index (χ4n) is 1.94. The molecule has 0 spiro atoms. The van der Waals surface area contributed by atoms with Crippen LogP contribution in [-0.4, -0.2) is 15.4 Å². The number of benzene rings is 2. The number of anilines is 2. The standard InChI is InChI=1S/C12H11GeN/c1-3-7-11-9(5-1)13-10-6-2-4-8-12(10)14-11/h1-8,14H,13H2. The maximum absolute atomic E-state index is 3.49. The van der Waals surface area contributed by atoms with Crippen molar-refractivity contribution < 1.29 is 0 Å². The summed E-state index contributed by atoms with van der Waals surface area (Å²) in [5.41, 5.74) is 2.65. The van der Waals surface area contributed by atoms with Gasteiger partial charge in [-0.05, 0) is 0 Å². The molecule has 0 aromatic heterocycles. The third-order valence-electron chi connectivity index (χ3n) is 2.68. The number of rotatable bonds is 0. The van der Waals surface area contributed by atoms with Crippen molar-refractivity contribution in [3.8, 4) is 0 Å². The van der Waals surface area contributed by atoms with Gasteiger partial charge in [-0.25, -0.2) is 0 Å². The molecule has 0 amide bonds. The molecule has 0 bridgehead atoms. The van der Waals surface area contributed by atoms with Gasteiger partial charge in [0.2, 0.25) is 0 Å². The van der Waals surface area contributed by atoms with Crippen molar-refractivity contribution in [3.05, 3.63) is 48.5 Å². The topological polar surface area (TPSA) is 12.0 Å². The second-order valence-corrected chi connectivity index (χ2v) is 7.55. The Bertz CT molecular complexity index is 392. The van der Waals surface area contributed by atoms with Crippen LogP contribution < -0.4 is 14.1 Å². The molecule has 0 atom stereocenters. The van der Waals surface area contributed by atoms with Gasteiger partial charge in [0.05, 0.1) is 0 Å². The molecule has 0 fully saturated rings. The first-order chi connectivity index (χ1) is 6.93. The predicted molar refractivity (Wildman–Crippen MR) is 64.0 cm³/mol. The third kappa shape index (κ3) is 1.25. The van der Waals surface area contributed by atoms with Crippen molar-refractivity contribution in [2.45, 2.75) is 0 Å². The number of hydrogen-bond donors (Lipinski definition) is 1. The summed E-state index contributed by atoms with van der Waals surface area (Å²) in [4.78, 5) is 0. The average molecular weight is 242 g/mol. The van der Waals surface area contributed by atoms with Gasteiger partial charge in [0.1, 0.15) is 0 Å². The Balaban J connectivity index is 2.12. The molecule has 0 saturated carbocycles. The van der Waals surface area contributed by atoms with Crippen LogP contribution in [-0.2, 0) is 0 Å². The van der Waals surface area contributed by atoms with E-state index in [1.54, 1.807) is 8.79 Å². The summed E-state index contributed by atoms with van der Waals surface area (Å²) in [6, 6.07) is 17.4. The molecule has 14 heavy (non-hydrogen) atoms. The van der Waals surface area contributed by atoms with Crippen molar-refractivity contribution in [3.63, 3.8) is 0 Å². The van der Waals surface area contributed by atoms with Crippen LogP contribution in [0.15, 0.2) is 48.5 Å². The zero-order valence-electron chi connectivity index (χ0n) is 7.83. The Morgan fingerprint density at radius 1 is 0.714 bits per heavy atom. The molecule has 0 radical (unpaired) electrons.